The number of fused-ring (bicyclic) bond motifs is 1. The number of furan rings is 1. The Bertz CT molecular complexity index is 1240. The van der Waals surface area contributed by atoms with Crippen LogP contribution < -0.4 is 10.1 Å². The molecule has 2 aromatic carbocycles. The van der Waals surface area contributed by atoms with Crippen molar-refractivity contribution in [2.45, 2.75) is 71.1 Å². The number of amides is 1. The number of hydrogen-bond donors (Lipinski definition) is 1. The zero-order valence-corrected chi connectivity index (χ0v) is 23.3. The SMILES string of the molecule is COc1ccc(CCNC(=O)c2ccc(Cc3cc4c(cc3C)C(C)(C)CCC4(C)C)o2)cc1Br. The normalized spacial score (nSPS) is 16.0. The summed E-state index contributed by atoms with van der Waals surface area (Å²) < 4.78 is 12.1. The largest absolute Gasteiger partial charge is 0.496 e. The van der Waals surface area contributed by atoms with Crippen molar-refractivity contribution in [3.05, 3.63) is 86.3 Å². The van der Waals surface area contributed by atoms with E-state index in [0.29, 0.717) is 18.7 Å². The predicted octanol–water partition coefficient (Wildman–Crippen LogP) is 7.27. The quantitative estimate of drug-likeness (QED) is 0.344. The Morgan fingerprint density at radius 1 is 1.03 bits per heavy atom. The monoisotopic (exact) mass is 537 g/mol. The second-order valence-electron chi connectivity index (χ2n) is 11.0. The van der Waals surface area contributed by atoms with Gasteiger partial charge in [0.1, 0.15) is 11.5 Å². The summed E-state index contributed by atoms with van der Waals surface area (Å²) in [5.74, 6) is 1.77. The van der Waals surface area contributed by atoms with Gasteiger partial charge in [-0.2, -0.15) is 0 Å². The van der Waals surface area contributed by atoms with Crippen LogP contribution in [0.5, 0.6) is 5.75 Å². The first-order valence-corrected chi connectivity index (χ1v) is 13.1. The average molecular weight is 539 g/mol. The molecule has 0 fully saturated rings. The number of methoxy groups -OCH3 is 1. The molecule has 0 spiro atoms. The second kappa shape index (κ2) is 9.85. The van der Waals surface area contributed by atoms with Gasteiger partial charge < -0.3 is 14.5 Å². The number of hydrogen-bond acceptors (Lipinski definition) is 3. The van der Waals surface area contributed by atoms with E-state index >= 15 is 0 Å². The van der Waals surface area contributed by atoms with Crippen LogP contribution in [0.15, 0.2) is 51.4 Å². The van der Waals surface area contributed by atoms with E-state index in [1.807, 2.05) is 24.3 Å². The summed E-state index contributed by atoms with van der Waals surface area (Å²) in [5.41, 5.74) is 6.95. The van der Waals surface area contributed by atoms with Crippen LogP contribution in [0, 0.1) is 6.92 Å². The summed E-state index contributed by atoms with van der Waals surface area (Å²) in [6.45, 7) is 12.1. The van der Waals surface area contributed by atoms with Crippen molar-refractivity contribution >= 4 is 21.8 Å². The Morgan fingerprint density at radius 2 is 1.71 bits per heavy atom. The average Bonchev–Trinajstić information content (AvgIpc) is 3.27. The topological polar surface area (TPSA) is 51.5 Å². The number of carbonyl (C=O) groups is 1. The van der Waals surface area contributed by atoms with Crippen LogP contribution in [0.25, 0.3) is 0 Å². The molecule has 1 aliphatic carbocycles. The number of nitrogens with one attached hydrogen (secondary N) is 1. The molecule has 186 valence electrons. The molecule has 0 bridgehead atoms. The second-order valence-corrected chi connectivity index (χ2v) is 11.9. The minimum Gasteiger partial charge on any atom is -0.496 e. The van der Waals surface area contributed by atoms with E-state index in [1.165, 1.54) is 35.1 Å². The summed E-state index contributed by atoms with van der Waals surface area (Å²) in [7, 11) is 1.64. The van der Waals surface area contributed by atoms with Crippen molar-refractivity contribution in [2.75, 3.05) is 13.7 Å². The van der Waals surface area contributed by atoms with Crippen LogP contribution in [0.2, 0.25) is 0 Å². The van der Waals surface area contributed by atoms with Crippen molar-refractivity contribution in [2.24, 2.45) is 0 Å². The van der Waals surface area contributed by atoms with Crippen molar-refractivity contribution < 1.29 is 13.9 Å². The van der Waals surface area contributed by atoms with Crippen LogP contribution in [-0.4, -0.2) is 19.6 Å². The number of aryl methyl sites for hydroxylation is 1. The minimum atomic E-state index is -0.186. The molecule has 1 aliphatic rings. The summed E-state index contributed by atoms with van der Waals surface area (Å²) >= 11 is 3.50. The fourth-order valence-corrected chi connectivity index (χ4v) is 5.60. The summed E-state index contributed by atoms with van der Waals surface area (Å²) in [6.07, 6.45) is 3.80. The molecule has 0 unspecified atom stereocenters. The van der Waals surface area contributed by atoms with E-state index in [-0.39, 0.29) is 16.7 Å². The maximum Gasteiger partial charge on any atom is 0.287 e. The molecule has 1 amide bonds. The van der Waals surface area contributed by atoms with E-state index < -0.39 is 0 Å². The van der Waals surface area contributed by atoms with Gasteiger partial charge in [-0.25, -0.2) is 0 Å². The Labute approximate surface area is 217 Å². The molecule has 1 N–H and O–H groups in total. The van der Waals surface area contributed by atoms with Crippen LogP contribution in [-0.2, 0) is 23.7 Å². The Balaban J connectivity index is 1.42. The van der Waals surface area contributed by atoms with Crippen LogP contribution in [0.4, 0.5) is 0 Å². The molecule has 0 atom stereocenters. The molecule has 4 rings (SSSR count). The van der Waals surface area contributed by atoms with Crippen molar-refractivity contribution in [3.8, 4) is 5.75 Å². The fraction of sp³-hybridized carbons (Fsp3) is 0.433. The molecule has 4 nitrogen and oxygen atoms in total. The van der Waals surface area contributed by atoms with Gasteiger partial charge in [0.15, 0.2) is 5.76 Å². The van der Waals surface area contributed by atoms with E-state index in [1.54, 1.807) is 13.2 Å². The summed E-state index contributed by atoms with van der Waals surface area (Å²) in [6, 6.07) is 14.4. The third kappa shape index (κ3) is 5.50. The van der Waals surface area contributed by atoms with Gasteiger partial charge in [0.2, 0.25) is 0 Å². The van der Waals surface area contributed by atoms with Gasteiger partial charge in [-0.1, -0.05) is 45.9 Å². The predicted molar refractivity (Wildman–Crippen MR) is 145 cm³/mol. The molecule has 5 heteroatoms. The highest BCUT2D eigenvalue weighted by Gasteiger charge is 2.37. The van der Waals surface area contributed by atoms with Gasteiger partial charge in [0, 0.05) is 13.0 Å². The Hall–Kier alpha value is -2.53. The smallest absolute Gasteiger partial charge is 0.287 e. The highest BCUT2D eigenvalue weighted by Crippen LogP contribution is 2.46. The van der Waals surface area contributed by atoms with E-state index in [9.17, 15) is 4.79 Å². The van der Waals surface area contributed by atoms with Gasteiger partial charge in [-0.15, -0.1) is 0 Å². The summed E-state index contributed by atoms with van der Waals surface area (Å²) in [5, 5.41) is 2.97. The molecular weight excluding hydrogens is 502 g/mol. The van der Waals surface area contributed by atoms with Gasteiger partial charge in [-0.3, -0.25) is 4.79 Å². The minimum absolute atomic E-state index is 0.168. The molecule has 1 heterocycles. The Morgan fingerprint density at radius 3 is 2.37 bits per heavy atom. The number of ether oxygens (including phenoxy) is 1. The van der Waals surface area contributed by atoms with Gasteiger partial charge >= 0.3 is 0 Å². The van der Waals surface area contributed by atoms with Crippen LogP contribution in [0.1, 0.15) is 84.7 Å². The van der Waals surface area contributed by atoms with Crippen LogP contribution >= 0.6 is 15.9 Å². The molecule has 0 saturated heterocycles. The summed E-state index contributed by atoms with van der Waals surface area (Å²) in [4.78, 5) is 12.6. The number of halogens is 1. The number of benzene rings is 2. The standard InChI is InChI=1S/C30H36BrNO3/c1-19-15-23-24(30(4,5)13-12-29(23,2)3)18-21(19)17-22-8-10-27(35-22)28(33)32-14-11-20-7-9-26(34-6)25(31)16-20/h7-10,15-16,18H,11-14,17H2,1-6H3,(H,32,33). The van der Waals surface area contributed by atoms with E-state index in [4.69, 9.17) is 9.15 Å². The molecule has 0 saturated carbocycles. The van der Waals surface area contributed by atoms with Crippen molar-refractivity contribution in [3.63, 3.8) is 0 Å². The van der Waals surface area contributed by atoms with Crippen LogP contribution in [0.3, 0.4) is 0 Å². The Kier molecular flexibility index (Phi) is 7.19. The zero-order valence-electron chi connectivity index (χ0n) is 21.7. The third-order valence-corrected chi connectivity index (χ3v) is 8.09. The first kappa shape index (κ1) is 25.6. The lowest BCUT2D eigenvalue weighted by Gasteiger charge is -2.42. The maximum absolute atomic E-state index is 12.6. The van der Waals surface area contributed by atoms with Crippen molar-refractivity contribution in [1.82, 2.24) is 5.32 Å². The first-order chi connectivity index (χ1) is 16.5. The first-order valence-electron chi connectivity index (χ1n) is 12.3. The lowest BCUT2D eigenvalue weighted by molar-refractivity contribution is 0.0925. The highest BCUT2D eigenvalue weighted by molar-refractivity contribution is 9.10. The maximum atomic E-state index is 12.6. The van der Waals surface area contributed by atoms with E-state index in [0.717, 1.165) is 28.0 Å². The van der Waals surface area contributed by atoms with Gasteiger partial charge in [0.25, 0.3) is 5.91 Å². The number of rotatable bonds is 7. The van der Waals surface area contributed by atoms with Gasteiger partial charge in [-0.05, 0) is 105 Å². The van der Waals surface area contributed by atoms with Crippen molar-refractivity contribution in [1.29, 1.82) is 0 Å². The lowest BCUT2D eigenvalue weighted by Crippen LogP contribution is -2.34. The molecule has 3 aromatic rings. The van der Waals surface area contributed by atoms with E-state index in [2.05, 4.69) is 68.0 Å². The molecule has 0 radical (unpaired) electrons. The number of carbonyl (C=O) groups excluding carboxylic acids is 1. The molecular formula is C30H36BrNO3. The fourth-order valence-electron chi connectivity index (χ4n) is 5.01. The lowest BCUT2D eigenvalue weighted by atomic mass is 9.62. The molecule has 1 aromatic heterocycles. The molecule has 35 heavy (non-hydrogen) atoms. The highest BCUT2D eigenvalue weighted by atomic mass is 79.9. The van der Waals surface area contributed by atoms with Gasteiger partial charge in [0.05, 0.1) is 11.6 Å². The third-order valence-electron chi connectivity index (χ3n) is 7.47. The zero-order chi connectivity index (χ0) is 25.4. The molecule has 0 aliphatic heterocycles.